The van der Waals surface area contributed by atoms with Gasteiger partial charge in [0.15, 0.2) is 17.2 Å². The Labute approximate surface area is 369 Å². The van der Waals surface area contributed by atoms with Crippen molar-refractivity contribution in [2.75, 3.05) is 55.5 Å². The molecule has 346 valence electrons. The maximum Gasteiger partial charge on any atom is 0.437 e. The topological polar surface area (TPSA) is 229 Å². The SMILES string of the molecule is O=C1CCC(N2C(=O)c3cccc(NCCOCCOCCCC(=O)c4ccc(-n5cc(NC(=O)c6coc(-c7ccnc(NCC(F)(F)F)c7)n6)c(C(F)(F)F)n5)cc4)c3C2=O)C(=O)N1. The number of alkyl halides is 6. The number of aromatic nitrogens is 4. The van der Waals surface area contributed by atoms with Crippen LogP contribution >= 0.6 is 0 Å². The van der Waals surface area contributed by atoms with E-state index in [9.17, 15) is 55.1 Å². The van der Waals surface area contributed by atoms with Crippen LogP contribution in [0.2, 0.25) is 0 Å². The summed E-state index contributed by atoms with van der Waals surface area (Å²) < 4.78 is 97.1. The van der Waals surface area contributed by atoms with Gasteiger partial charge in [-0.2, -0.15) is 31.4 Å². The number of imide groups is 2. The number of hydrogen-bond acceptors (Lipinski definition) is 14. The summed E-state index contributed by atoms with van der Waals surface area (Å²) in [4.78, 5) is 84.5. The first kappa shape index (κ1) is 46.5. The largest absolute Gasteiger partial charge is 0.444 e. The van der Waals surface area contributed by atoms with Crippen molar-refractivity contribution in [3.8, 4) is 17.1 Å². The predicted molar refractivity (Wildman–Crippen MR) is 218 cm³/mol. The molecule has 1 fully saturated rings. The van der Waals surface area contributed by atoms with Crippen molar-refractivity contribution >= 4 is 52.5 Å². The zero-order valence-electron chi connectivity index (χ0n) is 34.3. The summed E-state index contributed by atoms with van der Waals surface area (Å²) in [6, 6.07) is 11.8. The zero-order valence-corrected chi connectivity index (χ0v) is 34.3. The van der Waals surface area contributed by atoms with Gasteiger partial charge in [0.05, 0.1) is 48.5 Å². The first-order valence-electron chi connectivity index (χ1n) is 20.0. The molecule has 1 saturated heterocycles. The van der Waals surface area contributed by atoms with Gasteiger partial charge in [-0.05, 0) is 61.4 Å². The van der Waals surface area contributed by atoms with Crippen molar-refractivity contribution < 1.29 is 69.0 Å². The highest BCUT2D eigenvalue weighted by Crippen LogP contribution is 2.35. The summed E-state index contributed by atoms with van der Waals surface area (Å²) in [5, 5.41) is 13.0. The second kappa shape index (κ2) is 19.7. The normalized spacial score (nSPS) is 15.2. The highest BCUT2D eigenvalue weighted by molar-refractivity contribution is 6.25. The molecule has 5 amide bonds. The molecule has 7 rings (SSSR count). The number of rotatable bonds is 19. The number of pyridine rings is 1. The van der Waals surface area contributed by atoms with Crippen LogP contribution in [0.15, 0.2) is 77.7 Å². The molecule has 18 nitrogen and oxygen atoms in total. The van der Waals surface area contributed by atoms with Crippen LogP contribution in [0.25, 0.3) is 17.1 Å². The number of nitrogens with zero attached hydrogens (tertiary/aromatic N) is 5. The molecule has 0 saturated carbocycles. The molecule has 66 heavy (non-hydrogen) atoms. The second-order valence-corrected chi connectivity index (χ2v) is 14.6. The predicted octanol–water partition coefficient (Wildman–Crippen LogP) is 5.68. The fourth-order valence-electron chi connectivity index (χ4n) is 6.88. The van der Waals surface area contributed by atoms with Gasteiger partial charge in [-0.15, -0.1) is 0 Å². The molecule has 2 aromatic carbocycles. The lowest BCUT2D eigenvalue weighted by atomic mass is 10.0. The van der Waals surface area contributed by atoms with E-state index in [1.807, 2.05) is 0 Å². The van der Waals surface area contributed by atoms with Crippen LogP contribution in [0.4, 0.5) is 43.5 Å². The minimum Gasteiger partial charge on any atom is -0.444 e. The van der Waals surface area contributed by atoms with Crippen molar-refractivity contribution in [3.63, 3.8) is 0 Å². The average Bonchev–Trinajstić information content (AvgIpc) is 4.01. The van der Waals surface area contributed by atoms with Gasteiger partial charge in [-0.3, -0.25) is 39.0 Å². The Morgan fingerprint density at radius 1 is 0.894 bits per heavy atom. The number of nitrogens with one attached hydrogen (secondary N) is 4. The average molecular weight is 926 g/mol. The third-order valence-corrected chi connectivity index (χ3v) is 9.99. The molecule has 0 spiro atoms. The van der Waals surface area contributed by atoms with Crippen molar-refractivity contribution in [1.82, 2.24) is 30.0 Å². The summed E-state index contributed by atoms with van der Waals surface area (Å²) in [5.41, 5.74) is -1.35. The summed E-state index contributed by atoms with van der Waals surface area (Å²) in [7, 11) is 0. The Bertz CT molecular complexity index is 2650. The number of oxazole rings is 1. The van der Waals surface area contributed by atoms with Crippen molar-refractivity contribution in [3.05, 3.63) is 101 Å². The van der Waals surface area contributed by atoms with E-state index >= 15 is 0 Å². The molecule has 5 aromatic rings. The molecule has 3 aromatic heterocycles. The second-order valence-electron chi connectivity index (χ2n) is 14.6. The maximum absolute atomic E-state index is 14.0. The number of benzene rings is 2. The quantitative estimate of drug-likeness (QED) is 0.0338. The number of ketones is 1. The van der Waals surface area contributed by atoms with Gasteiger partial charge in [-0.1, -0.05) is 6.07 Å². The number of carbonyl (C=O) groups is 6. The van der Waals surface area contributed by atoms with E-state index in [2.05, 4.69) is 36.3 Å². The van der Waals surface area contributed by atoms with Gasteiger partial charge in [-0.25, -0.2) is 14.6 Å². The van der Waals surface area contributed by atoms with Crippen LogP contribution in [-0.4, -0.2) is 112 Å². The standard InChI is InChI=1S/C42H37F6N9O9/c43-41(44,45)22-51-32-19-24(12-13-50-32)38-53-29(21-66-38)36(60)52-28-20-56(55-35(28)42(46,47)48)25-8-6-23(7-9-25)31(58)5-2-15-64-17-18-65-16-14-49-27-4-1-3-26-34(27)40(63)57(39(26)62)30-10-11-33(59)54-37(30)61/h1,3-4,6-9,12-13,19-21,30,49H,2,5,10-11,14-18,22H2,(H,50,51)(H,52,60)(H,54,59,61). The number of anilines is 3. The number of hydrogen-bond donors (Lipinski definition) is 4. The van der Waals surface area contributed by atoms with Crippen LogP contribution in [0.5, 0.6) is 0 Å². The molecule has 4 N–H and O–H groups in total. The van der Waals surface area contributed by atoms with Crippen LogP contribution in [0.3, 0.4) is 0 Å². The maximum atomic E-state index is 14.0. The minimum atomic E-state index is -5.00. The number of Topliss-reactive ketones (excluding diaryl/α,β-unsaturated/α-hetero) is 1. The van der Waals surface area contributed by atoms with E-state index in [1.54, 1.807) is 12.1 Å². The van der Waals surface area contributed by atoms with Crippen LogP contribution < -0.4 is 21.3 Å². The summed E-state index contributed by atoms with van der Waals surface area (Å²) >= 11 is 0. The molecule has 2 aliphatic rings. The first-order valence-corrected chi connectivity index (χ1v) is 20.0. The van der Waals surface area contributed by atoms with Crippen LogP contribution in [0.1, 0.15) is 72.9 Å². The zero-order chi connectivity index (χ0) is 47.2. The van der Waals surface area contributed by atoms with E-state index < -0.39 is 71.6 Å². The van der Waals surface area contributed by atoms with Gasteiger partial charge in [0, 0.05) is 49.0 Å². The highest BCUT2D eigenvalue weighted by atomic mass is 19.4. The number of carbonyl (C=O) groups excluding carboxylic acids is 6. The van der Waals surface area contributed by atoms with Gasteiger partial charge in [0.1, 0.15) is 24.7 Å². The van der Waals surface area contributed by atoms with Crippen molar-refractivity contribution in [2.45, 2.75) is 44.1 Å². The van der Waals surface area contributed by atoms with E-state index in [0.29, 0.717) is 12.1 Å². The molecule has 0 aliphatic carbocycles. The lowest BCUT2D eigenvalue weighted by molar-refractivity contribution is -0.141. The fraction of sp³-hybridized carbons (Fsp3) is 0.310. The fourth-order valence-corrected chi connectivity index (χ4v) is 6.88. The lowest BCUT2D eigenvalue weighted by Crippen LogP contribution is -2.54. The molecule has 1 unspecified atom stereocenters. The Kier molecular flexibility index (Phi) is 13.9. The molecule has 0 radical (unpaired) electrons. The molecular weight excluding hydrogens is 889 g/mol. The van der Waals surface area contributed by atoms with E-state index in [1.165, 1.54) is 48.7 Å². The van der Waals surface area contributed by atoms with E-state index in [4.69, 9.17) is 13.9 Å². The Hall–Kier alpha value is -7.47. The molecular formula is C42H37F6N9O9. The summed E-state index contributed by atoms with van der Waals surface area (Å²) in [5.74, 6) is -4.14. The highest BCUT2D eigenvalue weighted by Gasteiger charge is 2.45. The Balaban J connectivity index is 0.831. The number of fused-ring (bicyclic) bond motifs is 1. The van der Waals surface area contributed by atoms with Gasteiger partial charge in [0.2, 0.25) is 17.7 Å². The third kappa shape index (κ3) is 11.1. The van der Waals surface area contributed by atoms with Crippen molar-refractivity contribution in [1.29, 1.82) is 0 Å². The van der Waals surface area contributed by atoms with E-state index in [-0.39, 0.29) is 97.7 Å². The number of halogens is 6. The third-order valence-electron chi connectivity index (χ3n) is 9.99. The van der Waals surface area contributed by atoms with Gasteiger partial charge in [0.25, 0.3) is 17.7 Å². The van der Waals surface area contributed by atoms with Crippen LogP contribution in [0, 0.1) is 0 Å². The van der Waals surface area contributed by atoms with Gasteiger partial charge < -0.3 is 29.8 Å². The number of ether oxygens (including phenoxy) is 2. The summed E-state index contributed by atoms with van der Waals surface area (Å²) in [6.07, 6.45) is -6.04. The summed E-state index contributed by atoms with van der Waals surface area (Å²) in [6.45, 7) is -0.224. The Morgan fingerprint density at radius 3 is 2.38 bits per heavy atom. The van der Waals surface area contributed by atoms with Crippen LogP contribution in [-0.2, 0) is 25.2 Å². The number of amides is 5. The van der Waals surface area contributed by atoms with Crippen molar-refractivity contribution in [2.24, 2.45) is 0 Å². The molecule has 5 heterocycles. The van der Waals surface area contributed by atoms with E-state index in [0.717, 1.165) is 22.0 Å². The molecule has 2 aliphatic heterocycles. The molecule has 24 heteroatoms. The smallest absolute Gasteiger partial charge is 0.437 e. The first-order chi connectivity index (χ1) is 31.5. The molecule has 0 bridgehead atoms. The number of piperidine rings is 1. The Morgan fingerprint density at radius 2 is 1.65 bits per heavy atom. The lowest BCUT2D eigenvalue weighted by Gasteiger charge is -2.27. The minimum absolute atomic E-state index is 0.00888. The monoisotopic (exact) mass is 925 g/mol. The van der Waals surface area contributed by atoms with Gasteiger partial charge >= 0.3 is 12.4 Å². The molecule has 1 atom stereocenters.